The lowest BCUT2D eigenvalue weighted by atomic mass is 9.92. The fourth-order valence-corrected chi connectivity index (χ4v) is 2.71. The Kier molecular flexibility index (Phi) is 4.19. The summed E-state index contributed by atoms with van der Waals surface area (Å²) in [5.74, 6) is 1.28. The molecular formula is C14H22N6O. The number of fused-ring (bicyclic) bond motifs is 1. The van der Waals surface area contributed by atoms with E-state index < -0.39 is 0 Å². The summed E-state index contributed by atoms with van der Waals surface area (Å²) in [5, 5.41) is 16.7. The van der Waals surface area contributed by atoms with E-state index >= 15 is 0 Å². The van der Waals surface area contributed by atoms with Crippen LogP contribution in [0.25, 0.3) is 11.2 Å². The molecule has 0 spiro atoms. The Bertz CT molecular complexity index is 598. The van der Waals surface area contributed by atoms with Gasteiger partial charge < -0.3 is 20.7 Å². The average Bonchev–Trinajstić information content (AvgIpc) is 2.96. The second kappa shape index (κ2) is 6.26. The molecular weight excluding hydrogens is 268 g/mol. The Morgan fingerprint density at radius 1 is 1.33 bits per heavy atom. The van der Waals surface area contributed by atoms with E-state index in [0.29, 0.717) is 17.4 Å². The highest BCUT2D eigenvalue weighted by atomic mass is 16.3. The third-order valence-corrected chi connectivity index (χ3v) is 3.87. The topological polar surface area (TPSA) is 98.8 Å². The summed E-state index contributed by atoms with van der Waals surface area (Å²) >= 11 is 0. The van der Waals surface area contributed by atoms with E-state index in [4.69, 9.17) is 0 Å². The molecule has 0 bridgehead atoms. The Balaban J connectivity index is 1.86. The summed E-state index contributed by atoms with van der Waals surface area (Å²) in [4.78, 5) is 16.2. The van der Waals surface area contributed by atoms with Crippen molar-refractivity contribution in [2.24, 2.45) is 0 Å². The van der Waals surface area contributed by atoms with Gasteiger partial charge in [0, 0.05) is 6.54 Å². The monoisotopic (exact) mass is 290 g/mol. The molecule has 0 aromatic carbocycles. The van der Waals surface area contributed by atoms with E-state index in [9.17, 15) is 5.11 Å². The Morgan fingerprint density at radius 3 is 3.00 bits per heavy atom. The minimum atomic E-state index is -0.321. The first-order chi connectivity index (χ1) is 10.3. The fourth-order valence-electron chi connectivity index (χ4n) is 2.71. The molecule has 0 radical (unpaired) electrons. The molecule has 1 aliphatic rings. The van der Waals surface area contributed by atoms with Crippen LogP contribution in [0.2, 0.25) is 0 Å². The van der Waals surface area contributed by atoms with Crippen LogP contribution >= 0.6 is 0 Å². The number of H-pyrrole nitrogens is 1. The molecule has 3 rings (SSSR count). The number of imidazole rings is 1. The van der Waals surface area contributed by atoms with Gasteiger partial charge in [-0.15, -0.1) is 0 Å². The lowest BCUT2D eigenvalue weighted by Gasteiger charge is -2.28. The van der Waals surface area contributed by atoms with Crippen molar-refractivity contribution in [1.29, 1.82) is 0 Å². The van der Waals surface area contributed by atoms with E-state index in [0.717, 1.165) is 44.2 Å². The van der Waals surface area contributed by atoms with Crippen LogP contribution in [-0.2, 0) is 0 Å². The van der Waals surface area contributed by atoms with Crippen molar-refractivity contribution in [3.05, 3.63) is 6.33 Å². The maximum atomic E-state index is 10.1. The summed E-state index contributed by atoms with van der Waals surface area (Å²) < 4.78 is 0. The van der Waals surface area contributed by atoms with Crippen molar-refractivity contribution < 1.29 is 5.11 Å². The molecule has 7 nitrogen and oxygen atoms in total. The van der Waals surface area contributed by atoms with Crippen molar-refractivity contribution in [2.45, 2.75) is 51.2 Å². The quantitative estimate of drug-likeness (QED) is 0.671. The summed E-state index contributed by atoms with van der Waals surface area (Å²) in [6.07, 6.45) is 6.32. The van der Waals surface area contributed by atoms with Gasteiger partial charge >= 0.3 is 0 Å². The van der Waals surface area contributed by atoms with Gasteiger partial charge in [-0.2, -0.15) is 9.97 Å². The number of rotatable bonds is 5. The minimum Gasteiger partial charge on any atom is -0.391 e. The number of hydrogen-bond donors (Lipinski definition) is 4. The van der Waals surface area contributed by atoms with E-state index in [-0.39, 0.29) is 12.1 Å². The smallest absolute Gasteiger partial charge is 0.226 e. The zero-order chi connectivity index (χ0) is 14.7. The molecule has 1 fully saturated rings. The summed E-state index contributed by atoms with van der Waals surface area (Å²) in [5.41, 5.74) is 1.42. The van der Waals surface area contributed by atoms with Gasteiger partial charge in [0.05, 0.1) is 18.5 Å². The van der Waals surface area contributed by atoms with E-state index in [2.05, 4.69) is 37.5 Å². The average molecular weight is 290 g/mol. The second-order valence-corrected chi connectivity index (χ2v) is 5.53. The second-order valence-electron chi connectivity index (χ2n) is 5.53. The molecule has 1 aliphatic carbocycles. The number of aromatic nitrogens is 4. The first kappa shape index (κ1) is 14.1. The minimum absolute atomic E-state index is 0.0409. The highest BCUT2D eigenvalue weighted by molar-refractivity contribution is 5.83. The third-order valence-electron chi connectivity index (χ3n) is 3.87. The molecule has 0 saturated heterocycles. The molecule has 114 valence electrons. The van der Waals surface area contributed by atoms with Crippen LogP contribution in [0.5, 0.6) is 0 Å². The van der Waals surface area contributed by atoms with Gasteiger partial charge in [-0.25, -0.2) is 4.98 Å². The van der Waals surface area contributed by atoms with Gasteiger partial charge in [0.1, 0.15) is 5.52 Å². The van der Waals surface area contributed by atoms with Crippen LogP contribution < -0.4 is 10.6 Å². The van der Waals surface area contributed by atoms with Crippen molar-refractivity contribution in [2.75, 3.05) is 17.2 Å². The third kappa shape index (κ3) is 3.07. The molecule has 2 aromatic heterocycles. The molecule has 4 N–H and O–H groups in total. The predicted molar refractivity (Wildman–Crippen MR) is 82.3 cm³/mol. The number of nitrogens with one attached hydrogen (secondary N) is 3. The predicted octanol–water partition coefficient (Wildman–Crippen LogP) is 1.89. The molecule has 0 aliphatic heterocycles. The maximum absolute atomic E-state index is 10.1. The summed E-state index contributed by atoms with van der Waals surface area (Å²) in [7, 11) is 0. The van der Waals surface area contributed by atoms with Crippen molar-refractivity contribution in [3.8, 4) is 0 Å². The molecule has 1 saturated carbocycles. The van der Waals surface area contributed by atoms with Crippen LogP contribution in [0.1, 0.15) is 39.0 Å². The number of aromatic amines is 1. The Morgan fingerprint density at radius 2 is 2.19 bits per heavy atom. The van der Waals surface area contributed by atoms with Crippen LogP contribution in [0, 0.1) is 0 Å². The molecule has 7 heteroatoms. The Hall–Kier alpha value is -1.89. The van der Waals surface area contributed by atoms with Crippen molar-refractivity contribution >= 4 is 22.9 Å². The van der Waals surface area contributed by atoms with Crippen LogP contribution in [-0.4, -0.2) is 43.7 Å². The molecule has 2 unspecified atom stereocenters. The standard InChI is InChI=1S/C14H22N6O/c1-2-7-15-14-19-12-11(16-8-17-12)13(20-14)18-9-5-3-4-6-10(9)21/h8-10,21H,2-7H2,1H3,(H3,15,16,17,18,19,20). The van der Waals surface area contributed by atoms with Gasteiger partial charge in [-0.3, -0.25) is 0 Å². The van der Waals surface area contributed by atoms with E-state index in [1.807, 2.05) is 0 Å². The zero-order valence-electron chi connectivity index (χ0n) is 12.3. The van der Waals surface area contributed by atoms with Gasteiger partial charge in [0.15, 0.2) is 11.5 Å². The van der Waals surface area contributed by atoms with Crippen molar-refractivity contribution in [1.82, 2.24) is 19.9 Å². The van der Waals surface area contributed by atoms with Crippen LogP contribution in [0.4, 0.5) is 11.8 Å². The molecule has 2 atom stereocenters. The summed E-state index contributed by atoms with van der Waals surface area (Å²) in [6.45, 7) is 2.92. The van der Waals surface area contributed by atoms with E-state index in [1.165, 1.54) is 0 Å². The number of aliphatic hydroxyl groups is 1. The molecule has 2 aromatic rings. The van der Waals surface area contributed by atoms with E-state index in [1.54, 1.807) is 6.33 Å². The van der Waals surface area contributed by atoms with Crippen LogP contribution in [0.15, 0.2) is 6.33 Å². The number of anilines is 2. The highest BCUT2D eigenvalue weighted by Crippen LogP contribution is 2.25. The lowest BCUT2D eigenvalue weighted by molar-refractivity contribution is 0.116. The number of nitrogens with zero attached hydrogens (tertiary/aromatic N) is 3. The summed E-state index contributed by atoms with van der Waals surface area (Å²) in [6, 6.07) is 0.0409. The SMILES string of the molecule is CCCNc1nc(NC2CCCCC2O)c2[nH]cnc2n1. The normalized spacial score (nSPS) is 22.4. The zero-order valence-corrected chi connectivity index (χ0v) is 12.3. The fraction of sp³-hybridized carbons (Fsp3) is 0.643. The van der Waals surface area contributed by atoms with Gasteiger partial charge in [0.25, 0.3) is 0 Å². The first-order valence-corrected chi connectivity index (χ1v) is 7.67. The van der Waals surface area contributed by atoms with Crippen LogP contribution in [0.3, 0.4) is 0 Å². The number of aliphatic hydroxyl groups excluding tert-OH is 1. The van der Waals surface area contributed by atoms with Gasteiger partial charge in [0.2, 0.25) is 5.95 Å². The molecule has 0 amide bonds. The largest absolute Gasteiger partial charge is 0.391 e. The number of hydrogen-bond acceptors (Lipinski definition) is 6. The lowest BCUT2D eigenvalue weighted by Crippen LogP contribution is -2.36. The molecule has 21 heavy (non-hydrogen) atoms. The maximum Gasteiger partial charge on any atom is 0.226 e. The van der Waals surface area contributed by atoms with Crippen molar-refractivity contribution in [3.63, 3.8) is 0 Å². The first-order valence-electron chi connectivity index (χ1n) is 7.67. The Labute approximate surface area is 123 Å². The van der Waals surface area contributed by atoms with Gasteiger partial charge in [-0.05, 0) is 19.3 Å². The van der Waals surface area contributed by atoms with Gasteiger partial charge in [-0.1, -0.05) is 19.8 Å². The molecule has 2 heterocycles. The highest BCUT2D eigenvalue weighted by Gasteiger charge is 2.24.